The van der Waals surface area contributed by atoms with E-state index in [9.17, 15) is 22.8 Å². The van der Waals surface area contributed by atoms with Gasteiger partial charge in [0.1, 0.15) is 5.56 Å². The molecule has 0 spiro atoms. The molecule has 0 radical (unpaired) electrons. The first-order valence-electron chi connectivity index (χ1n) is 9.31. The Bertz CT molecular complexity index is 922. The number of pyridine rings is 1. The summed E-state index contributed by atoms with van der Waals surface area (Å²) in [6.45, 7) is 2.78. The van der Waals surface area contributed by atoms with Crippen LogP contribution in [-0.4, -0.2) is 38.7 Å². The van der Waals surface area contributed by atoms with Crippen LogP contribution in [0.15, 0.2) is 24.4 Å². The summed E-state index contributed by atoms with van der Waals surface area (Å²) in [4.78, 5) is 29.0. The predicted molar refractivity (Wildman–Crippen MR) is 98.4 cm³/mol. The standard InChI is InChI=1S/C20H21F3N2O4/c1-3-29-19(27)15-11-24-16-10-13(20(21,22)23)4-5-14(16)17(15)25-8-6-12(7-9-25)18(26)28-2/h4-5,10-12H,3,6-9H2,1-2H3/p+1. The molecule has 1 aliphatic heterocycles. The molecule has 1 fully saturated rings. The second kappa shape index (κ2) is 8.26. The highest BCUT2D eigenvalue weighted by Gasteiger charge is 2.34. The maximum atomic E-state index is 13.1. The second-order valence-electron chi connectivity index (χ2n) is 6.81. The summed E-state index contributed by atoms with van der Waals surface area (Å²) in [5, 5.41) is 0.486. The minimum atomic E-state index is -4.47. The van der Waals surface area contributed by atoms with Crippen molar-refractivity contribution in [3.8, 4) is 0 Å². The van der Waals surface area contributed by atoms with Crippen molar-refractivity contribution in [3.05, 3.63) is 35.5 Å². The lowest BCUT2D eigenvalue weighted by Crippen LogP contribution is -2.38. The van der Waals surface area contributed by atoms with Gasteiger partial charge in [0.25, 0.3) is 0 Å². The molecule has 0 aliphatic carbocycles. The molecular weight excluding hydrogens is 389 g/mol. The van der Waals surface area contributed by atoms with Crippen LogP contribution in [0.4, 0.5) is 18.9 Å². The highest BCUT2D eigenvalue weighted by molar-refractivity contribution is 6.04. The van der Waals surface area contributed by atoms with Crippen molar-refractivity contribution < 1.29 is 37.2 Å². The van der Waals surface area contributed by atoms with E-state index in [0.29, 0.717) is 37.0 Å². The summed E-state index contributed by atoms with van der Waals surface area (Å²) in [7, 11) is 1.34. The maximum Gasteiger partial charge on any atom is 0.416 e. The second-order valence-corrected chi connectivity index (χ2v) is 6.81. The number of esters is 2. The molecule has 1 aromatic carbocycles. The summed E-state index contributed by atoms with van der Waals surface area (Å²) < 4.78 is 49.2. The van der Waals surface area contributed by atoms with Gasteiger partial charge in [0.15, 0.2) is 6.20 Å². The van der Waals surface area contributed by atoms with Crippen LogP contribution in [0.5, 0.6) is 0 Å². The van der Waals surface area contributed by atoms with Gasteiger partial charge in [0.2, 0.25) is 5.52 Å². The first-order valence-corrected chi connectivity index (χ1v) is 9.31. The Labute approximate surface area is 165 Å². The molecule has 3 rings (SSSR count). The number of methoxy groups -OCH3 is 1. The van der Waals surface area contributed by atoms with E-state index >= 15 is 0 Å². The predicted octanol–water partition coefficient (Wildman–Crippen LogP) is 3.24. The van der Waals surface area contributed by atoms with Crippen LogP contribution in [0.1, 0.15) is 35.7 Å². The molecule has 2 aromatic rings. The zero-order chi connectivity index (χ0) is 21.2. The molecule has 1 aliphatic rings. The molecule has 0 saturated carbocycles. The number of fused-ring (bicyclic) bond motifs is 1. The number of alkyl halides is 3. The van der Waals surface area contributed by atoms with Crippen molar-refractivity contribution >= 4 is 28.5 Å². The summed E-state index contributed by atoms with van der Waals surface area (Å²) in [5.74, 6) is -1.08. The van der Waals surface area contributed by atoms with E-state index in [0.717, 1.165) is 12.1 Å². The fraction of sp³-hybridized carbons (Fsp3) is 0.450. The number of hydrogen-bond donors (Lipinski definition) is 0. The number of benzene rings is 1. The van der Waals surface area contributed by atoms with Crippen LogP contribution in [0.25, 0.3) is 10.9 Å². The summed E-state index contributed by atoms with van der Waals surface area (Å²) in [6.07, 6.45) is -2.05. The molecular formula is C20H22F3N2O4+. The fourth-order valence-electron chi connectivity index (χ4n) is 3.62. The SMILES string of the molecule is CCOC(=O)c1c[nH+]c2cc(C(F)(F)F)ccc2c1N1CCC(C(=O)OC)CC1. The van der Waals surface area contributed by atoms with Crippen molar-refractivity contribution in [1.82, 2.24) is 0 Å². The number of ether oxygens (including phenoxy) is 2. The molecule has 9 heteroatoms. The van der Waals surface area contributed by atoms with E-state index in [1.165, 1.54) is 19.4 Å². The number of anilines is 1. The Balaban J connectivity index is 2.05. The summed E-state index contributed by atoms with van der Waals surface area (Å²) in [5.41, 5.74) is 0.239. The largest absolute Gasteiger partial charge is 0.469 e. The maximum absolute atomic E-state index is 13.1. The molecule has 1 aromatic heterocycles. The number of rotatable bonds is 4. The first-order chi connectivity index (χ1) is 13.8. The van der Waals surface area contributed by atoms with E-state index in [4.69, 9.17) is 9.47 Å². The highest BCUT2D eigenvalue weighted by atomic mass is 19.4. The number of piperidine rings is 1. The average Bonchev–Trinajstić information content (AvgIpc) is 2.71. The number of nitrogens with zero attached hydrogens (tertiary/aromatic N) is 1. The van der Waals surface area contributed by atoms with Gasteiger partial charge in [-0.3, -0.25) is 4.79 Å². The topological polar surface area (TPSA) is 70.0 Å². The molecule has 29 heavy (non-hydrogen) atoms. The Morgan fingerprint density at radius 1 is 1.24 bits per heavy atom. The number of carbonyl (C=O) groups is 2. The van der Waals surface area contributed by atoms with E-state index in [1.54, 1.807) is 6.92 Å². The van der Waals surface area contributed by atoms with Gasteiger partial charge in [0, 0.05) is 19.2 Å². The van der Waals surface area contributed by atoms with E-state index in [-0.39, 0.29) is 29.6 Å². The lowest BCUT2D eigenvalue weighted by atomic mass is 9.95. The van der Waals surface area contributed by atoms with E-state index < -0.39 is 17.7 Å². The monoisotopic (exact) mass is 411 g/mol. The highest BCUT2D eigenvalue weighted by Crippen LogP contribution is 2.36. The van der Waals surface area contributed by atoms with Crippen LogP contribution < -0.4 is 9.88 Å². The summed E-state index contributed by atoms with van der Waals surface area (Å²) in [6, 6.07) is 3.38. The van der Waals surface area contributed by atoms with Gasteiger partial charge in [-0.1, -0.05) is 0 Å². The zero-order valence-electron chi connectivity index (χ0n) is 16.1. The third-order valence-corrected chi connectivity index (χ3v) is 5.07. The third-order valence-electron chi connectivity index (χ3n) is 5.07. The Morgan fingerprint density at radius 2 is 1.93 bits per heavy atom. The fourth-order valence-corrected chi connectivity index (χ4v) is 3.62. The van der Waals surface area contributed by atoms with Crippen LogP contribution in [0.2, 0.25) is 0 Å². The zero-order valence-corrected chi connectivity index (χ0v) is 16.1. The van der Waals surface area contributed by atoms with Gasteiger partial charge in [-0.05, 0) is 31.9 Å². The van der Waals surface area contributed by atoms with Crippen molar-refractivity contribution in [2.24, 2.45) is 5.92 Å². The third kappa shape index (κ3) is 4.28. The van der Waals surface area contributed by atoms with Crippen molar-refractivity contribution in [1.29, 1.82) is 0 Å². The Hall–Kier alpha value is -2.84. The van der Waals surface area contributed by atoms with Crippen molar-refractivity contribution in [3.63, 3.8) is 0 Å². The molecule has 0 bridgehead atoms. The number of aromatic amines is 1. The van der Waals surface area contributed by atoms with Gasteiger partial charge in [-0.25, -0.2) is 9.78 Å². The minimum absolute atomic E-state index is 0.174. The molecule has 6 nitrogen and oxygen atoms in total. The lowest BCUT2D eigenvalue weighted by molar-refractivity contribution is -0.345. The molecule has 0 unspecified atom stereocenters. The van der Waals surface area contributed by atoms with Crippen molar-refractivity contribution in [2.75, 3.05) is 31.7 Å². The molecule has 2 heterocycles. The molecule has 0 amide bonds. The van der Waals surface area contributed by atoms with Gasteiger partial charge in [-0.2, -0.15) is 13.2 Å². The number of halogens is 3. The first kappa shape index (κ1) is 20.9. The average molecular weight is 411 g/mol. The van der Waals surface area contributed by atoms with Crippen LogP contribution in [-0.2, 0) is 20.4 Å². The molecule has 156 valence electrons. The number of aromatic nitrogens is 1. The van der Waals surface area contributed by atoms with Gasteiger partial charge < -0.3 is 14.4 Å². The van der Waals surface area contributed by atoms with Gasteiger partial charge >= 0.3 is 18.1 Å². The smallest absolute Gasteiger partial charge is 0.416 e. The van der Waals surface area contributed by atoms with Gasteiger partial charge in [0.05, 0.1) is 36.3 Å². The number of hydrogen-bond acceptors (Lipinski definition) is 5. The normalized spacial score (nSPS) is 15.4. The van der Waals surface area contributed by atoms with E-state index in [1.807, 2.05) is 4.90 Å². The number of carbonyl (C=O) groups excluding carboxylic acids is 2. The number of nitrogens with one attached hydrogen (secondary N) is 1. The quantitative estimate of drug-likeness (QED) is 0.723. The Morgan fingerprint density at radius 3 is 2.52 bits per heavy atom. The lowest BCUT2D eigenvalue weighted by Gasteiger charge is -2.33. The molecule has 1 saturated heterocycles. The van der Waals surface area contributed by atoms with E-state index in [2.05, 4.69) is 4.98 Å². The van der Waals surface area contributed by atoms with Gasteiger partial charge in [-0.15, -0.1) is 0 Å². The van der Waals surface area contributed by atoms with Crippen LogP contribution in [0, 0.1) is 5.92 Å². The molecule has 0 atom stereocenters. The molecule has 1 N–H and O–H groups in total. The summed E-state index contributed by atoms with van der Waals surface area (Å²) >= 11 is 0. The van der Waals surface area contributed by atoms with Crippen LogP contribution >= 0.6 is 0 Å². The number of H-pyrrole nitrogens is 1. The van der Waals surface area contributed by atoms with Crippen LogP contribution in [0.3, 0.4) is 0 Å². The Kier molecular flexibility index (Phi) is 5.95. The van der Waals surface area contributed by atoms with Crippen molar-refractivity contribution in [2.45, 2.75) is 25.9 Å². The minimum Gasteiger partial charge on any atom is -0.469 e.